The number of hydrogen-bond acceptors (Lipinski definition) is 5. The Morgan fingerprint density at radius 3 is 2.35 bits per heavy atom. The number of benzene rings is 3. The maximum absolute atomic E-state index is 12.5. The Bertz CT molecular complexity index is 1180. The van der Waals surface area contributed by atoms with Crippen LogP contribution in [0.15, 0.2) is 81.2 Å². The Hall–Kier alpha value is -2.84. The molecule has 0 aliphatic heterocycles. The van der Waals surface area contributed by atoms with Gasteiger partial charge in [0.05, 0.1) is 17.7 Å². The van der Waals surface area contributed by atoms with Crippen LogP contribution in [-0.4, -0.2) is 21.2 Å². The van der Waals surface area contributed by atoms with E-state index in [-0.39, 0.29) is 4.90 Å². The molecule has 0 aliphatic carbocycles. The average Bonchev–Trinajstić information content (AvgIpc) is 2.77. The van der Waals surface area contributed by atoms with Crippen LogP contribution in [0, 0.1) is 6.92 Å². The molecule has 162 valence electrons. The van der Waals surface area contributed by atoms with Gasteiger partial charge >= 0.3 is 0 Å². The molecule has 0 radical (unpaired) electrons. The predicted octanol–water partition coefficient (Wildman–Crippen LogP) is 5.05. The largest absolute Gasteiger partial charge is 0.497 e. The lowest BCUT2D eigenvalue weighted by Crippen LogP contribution is -2.20. The number of halogens is 1. The van der Waals surface area contributed by atoms with Crippen molar-refractivity contribution in [3.63, 3.8) is 0 Å². The van der Waals surface area contributed by atoms with E-state index >= 15 is 0 Å². The Kier molecular flexibility index (Phi) is 7.35. The molecule has 0 amide bonds. The van der Waals surface area contributed by atoms with Crippen LogP contribution in [0.1, 0.15) is 23.6 Å². The predicted molar refractivity (Wildman–Crippen MR) is 125 cm³/mol. The van der Waals surface area contributed by atoms with Crippen LogP contribution in [-0.2, 0) is 16.6 Å². The molecule has 0 saturated carbocycles. The summed E-state index contributed by atoms with van der Waals surface area (Å²) in [5, 5.41) is 4.11. The van der Waals surface area contributed by atoms with Gasteiger partial charge in [0.2, 0.25) is 0 Å². The summed E-state index contributed by atoms with van der Waals surface area (Å²) in [6, 6.07) is 19.7. The Morgan fingerprint density at radius 2 is 1.71 bits per heavy atom. The van der Waals surface area contributed by atoms with Crippen molar-refractivity contribution in [2.75, 3.05) is 7.11 Å². The minimum atomic E-state index is -3.77. The van der Waals surface area contributed by atoms with Crippen molar-refractivity contribution in [2.24, 2.45) is 5.10 Å². The molecule has 3 aromatic carbocycles. The molecular formula is C23H23BrN2O4S. The zero-order chi connectivity index (χ0) is 22.4. The van der Waals surface area contributed by atoms with E-state index in [1.54, 1.807) is 38.3 Å². The van der Waals surface area contributed by atoms with Crippen molar-refractivity contribution in [2.45, 2.75) is 25.3 Å². The lowest BCUT2D eigenvalue weighted by molar-refractivity contribution is 0.305. The Labute approximate surface area is 191 Å². The van der Waals surface area contributed by atoms with Crippen molar-refractivity contribution in [1.29, 1.82) is 0 Å². The first-order chi connectivity index (χ1) is 14.8. The van der Waals surface area contributed by atoms with Gasteiger partial charge in [-0.1, -0.05) is 45.8 Å². The summed E-state index contributed by atoms with van der Waals surface area (Å²) < 4.78 is 37.0. The SMILES string of the molecule is COc1ccc(COc2ccc(Br)cc2/C(C)=N/NS(=O)(=O)c2ccc(C)cc2)cc1. The number of hydrogen-bond donors (Lipinski definition) is 1. The van der Waals surface area contributed by atoms with E-state index < -0.39 is 10.0 Å². The third-order valence-corrected chi connectivity index (χ3v) is 6.27. The van der Waals surface area contributed by atoms with Gasteiger partial charge in [-0.3, -0.25) is 0 Å². The molecule has 0 heterocycles. The highest BCUT2D eigenvalue weighted by atomic mass is 79.9. The third-order valence-electron chi connectivity index (χ3n) is 4.55. The van der Waals surface area contributed by atoms with E-state index in [9.17, 15) is 8.42 Å². The fraction of sp³-hybridized carbons (Fsp3) is 0.174. The molecule has 0 aliphatic rings. The van der Waals surface area contributed by atoms with E-state index in [0.29, 0.717) is 23.6 Å². The van der Waals surface area contributed by atoms with Crippen molar-refractivity contribution >= 4 is 31.7 Å². The van der Waals surface area contributed by atoms with Gasteiger partial charge in [0.1, 0.15) is 18.1 Å². The number of methoxy groups -OCH3 is 1. The summed E-state index contributed by atoms with van der Waals surface area (Å²) in [4.78, 5) is 2.45. The van der Waals surface area contributed by atoms with Gasteiger partial charge in [-0.15, -0.1) is 0 Å². The molecule has 0 bridgehead atoms. The Balaban J connectivity index is 1.78. The zero-order valence-corrected chi connectivity index (χ0v) is 19.8. The molecule has 3 aromatic rings. The number of aryl methyl sites for hydroxylation is 1. The highest BCUT2D eigenvalue weighted by Gasteiger charge is 2.14. The smallest absolute Gasteiger partial charge is 0.276 e. The number of ether oxygens (including phenoxy) is 2. The van der Waals surface area contributed by atoms with Crippen LogP contribution in [0.4, 0.5) is 0 Å². The molecule has 0 fully saturated rings. The topological polar surface area (TPSA) is 77.0 Å². The molecular weight excluding hydrogens is 480 g/mol. The maximum Gasteiger partial charge on any atom is 0.276 e. The van der Waals surface area contributed by atoms with Crippen molar-refractivity contribution in [3.8, 4) is 11.5 Å². The van der Waals surface area contributed by atoms with Crippen LogP contribution >= 0.6 is 15.9 Å². The van der Waals surface area contributed by atoms with Gasteiger partial charge in [-0.2, -0.15) is 18.4 Å². The molecule has 0 atom stereocenters. The number of nitrogens with one attached hydrogen (secondary N) is 1. The minimum absolute atomic E-state index is 0.153. The minimum Gasteiger partial charge on any atom is -0.497 e. The quantitative estimate of drug-likeness (QED) is 0.345. The first-order valence-corrected chi connectivity index (χ1v) is 11.7. The number of nitrogens with zero attached hydrogens (tertiary/aromatic N) is 1. The van der Waals surface area contributed by atoms with Crippen LogP contribution < -0.4 is 14.3 Å². The van der Waals surface area contributed by atoms with Crippen molar-refractivity contribution in [3.05, 3.63) is 87.9 Å². The molecule has 0 saturated heterocycles. The van der Waals surface area contributed by atoms with E-state index in [1.165, 1.54) is 0 Å². The highest BCUT2D eigenvalue weighted by molar-refractivity contribution is 9.10. The van der Waals surface area contributed by atoms with Gasteiger partial charge < -0.3 is 9.47 Å². The molecule has 1 N–H and O–H groups in total. The standard InChI is InChI=1S/C23H23BrN2O4S/c1-16-4-11-21(12-5-16)31(27,28)26-25-17(2)22-14-19(24)8-13-23(22)30-15-18-6-9-20(29-3)10-7-18/h4-14,26H,15H2,1-3H3/b25-17+. The van der Waals surface area contributed by atoms with Crippen LogP contribution in [0.25, 0.3) is 0 Å². The van der Waals surface area contributed by atoms with Gasteiger partial charge in [-0.05, 0) is 61.9 Å². The fourth-order valence-electron chi connectivity index (χ4n) is 2.75. The summed E-state index contributed by atoms with van der Waals surface area (Å²) in [5.41, 5.74) is 3.10. The normalized spacial score (nSPS) is 11.8. The number of rotatable bonds is 8. The summed E-state index contributed by atoms with van der Waals surface area (Å²) in [7, 11) is -2.15. The molecule has 31 heavy (non-hydrogen) atoms. The van der Waals surface area contributed by atoms with Gasteiger partial charge in [0.25, 0.3) is 10.0 Å². The molecule has 0 spiro atoms. The van der Waals surface area contributed by atoms with Crippen LogP contribution in [0.3, 0.4) is 0 Å². The van der Waals surface area contributed by atoms with Crippen LogP contribution in [0.5, 0.6) is 11.5 Å². The maximum atomic E-state index is 12.5. The monoisotopic (exact) mass is 502 g/mol. The van der Waals surface area contributed by atoms with Gasteiger partial charge in [0.15, 0.2) is 0 Å². The lowest BCUT2D eigenvalue weighted by atomic mass is 10.1. The summed E-state index contributed by atoms with van der Waals surface area (Å²) in [6.07, 6.45) is 0. The second-order valence-corrected chi connectivity index (χ2v) is 9.46. The lowest BCUT2D eigenvalue weighted by Gasteiger charge is -2.13. The second-order valence-electron chi connectivity index (χ2n) is 6.88. The van der Waals surface area contributed by atoms with Gasteiger partial charge in [-0.25, -0.2) is 0 Å². The second kappa shape index (κ2) is 9.98. The summed E-state index contributed by atoms with van der Waals surface area (Å²) in [5.74, 6) is 1.37. The fourth-order valence-corrected chi connectivity index (χ4v) is 3.97. The molecule has 8 heteroatoms. The first-order valence-electron chi connectivity index (χ1n) is 9.47. The van der Waals surface area contributed by atoms with E-state index in [4.69, 9.17) is 9.47 Å². The first kappa shape index (κ1) is 22.8. The zero-order valence-electron chi connectivity index (χ0n) is 17.4. The number of sulfonamides is 1. The molecule has 0 aromatic heterocycles. The Morgan fingerprint density at radius 1 is 1.03 bits per heavy atom. The average molecular weight is 503 g/mol. The van der Waals surface area contributed by atoms with Crippen molar-refractivity contribution < 1.29 is 17.9 Å². The highest BCUT2D eigenvalue weighted by Crippen LogP contribution is 2.25. The van der Waals surface area contributed by atoms with E-state index in [1.807, 2.05) is 49.4 Å². The van der Waals surface area contributed by atoms with Crippen LogP contribution in [0.2, 0.25) is 0 Å². The van der Waals surface area contributed by atoms with Gasteiger partial charge in [0, 0.05) is 10.0 Å². The third kappa shape index (κ3) is 6.08. The summed E-state index contributed by atoms with van der Waals surface area (Å²) >= 11 is 3.45. The van der Waals surface area contributed by atoms with Crippen molar-refractivity contribution in [1.82, 2.24) is 4.83 Å². The van der Waals surface area contributed by atoms with E-state index in [0.717, 1.165) is 21.3 Å². The summed E-state index contributed by atoms with van der Waals surface area (Å²) in [6.45, 7) is 3.97. The number of hydrazone groups is 1. The molecule has 3 rings (SSSR count). The molecule has 0 unspecified atom stereocenters. The molecule has 6 nitrogen and oxygen atoms in total. The van der Waals surface area contributed by atoms with E-state index in [2.05, 4.69) is 25.9 Å².